The third kappa shape index (κ3) is 3.47. The SMILES string of the molecule is O=C(Nc1ccc(Cl)cc1)NC1COc2ccccc2C1. The summed E-state index contributed by atoms with van der Waals surface area (Å²) >= 11 is 5.81. The smallest absolute Gasteiger partial charge is 0.319 e. The van der Waals surface area contributed by atoms with Gasteiger partial charge in [0, 0.05) is 10.7 Å². The van der Waals surface area contributed by atoms with Crippen LogP contribution in [0.2, 0.25) is 5.02 Å². The number of nitrogens with one attached hydrogen (secondary N) is 2. The molecular formula is C16H15ClN2O2. The zero-order chi connectivity index (χ0) is 14.7. The van der Waals surface area contributed by atoms with Crippen molar-refractivity contribution in [1.82, 2.24) is 5.32 Å². The van der Waals surface area contributed by atoms with Gasteiger partial charge >= 0.3 is 6.03 Å². The summed E-state index contributed by atoms with van der Waals surface area (Å²) in [7, 11) is 0. The normalized spacial score (nSPS) is 16.5. The molecule has 2 aromatic carbocycles. The van der Waals surface area contributed by atoms with Crippen molar-refractivity contribution < 1.29 is 9.53 Å². The van der Waals surface area contributed by atoms with Crippen LogP contribution in [0, 0.1) is 0 Å². The lowest BCUT2D eigenvalue weighted by atomic mass is 10.0. The van der Waals surface area contributed by atoms with Gasteiger partial charge in [0.2, 0.25) is 0 Å². The molecular weight excluding hydrogens is 288 g/mol. The summed E-state index contributed by atoms with van der Waals surface area (Å²) in [6.07, 6.45) is 0.768. The number of fused-ring (bicyclic) bond motifs is 1. The Morgan fingerprint density at radius 3 is 2.71 bits per heavy atom. The lowest BCUT2D eigenvalue weighted by Gasteiger charge is -2.26. The summed E-state index contributed by atoms with van der Waals surface area (Å²) in [6, 6.07) is 14.6. The molecule has 0 fully saturated rings. The minimum atomic E-state index is -0.245. The van der Waals surface area contributed by atoms with Crippen molar-refractivity contribution in [2.75, 3.05) is 11.9 Å². The second-order valence-electron chi connectivity index (χ2n) is 4.93. The van der Waals surface area contributed by atoms with Crippen LogP contribution in [-0.4, -0.2) is 18.7 Å². The molecule has 0 spiro atoms. The van der Waals surface area contributed by atoms with Crippen LogP contribution in [0.4, 0.5) is 10.5 Å². The Balaban J connectivity index is 1.57. The summed E-state index contributed by atoms with van der Waals surface area (Å²) in [5.74, 6) is 0.897. The molecule has 2 amide bonds. The average Bonchev–Trinajstić information content (AvgIpc) is 2.49. The Morgan fingerprint density at radius 1 is 1.14 bits per heavy atom. The van der Waals surface area contributed by atoms with Crippen molar-refractivity contribution in [3.8, 4) is 5.75 Å². The second-order valence-corrected chi connectivity index (χ2v) is 5.36. The van der Waals surface area contributed by atoms with Crippen molar-refractivity contribution in [2.45, 2.75) is 12.5 Å². The fourth-order valence-electron chi connectivity index (χ4n) is 2.31. The standard InChI is InChI=1S/C16H15ClN2O2/c17-12-5-7-13(8-6-12)18-16(20)19-14-9-11-3-1-2-4-15(11)21-10-14/h1-8,14H,9-10H2,(H2,18,19,20). The fourth-order valence-corrected chi connectivity index (χ4v) is 2.43. The van der Waals surface area contributed by atoms with Crippen LogP contribution in [0.15, 0.2) is 48.5 Å². The first-order valence-corrected chi connectivity index (χ1v) is 7.12. The minimum absolute atomic E-state index is 0.0350. The van der Waals surface area contributed by atoms with E-state index in [-0.39, 0.29) is 12.1 Å². The fraction of sp³-hybridized carbons (Fsp3) is 0.188. The van der Waals surface area contributed by atoms with Gasteiger partial charge in [-0.05, 0) is 42.3 Å². The van der Waals surface area contributed by atoms with Gasteiger partial charge in [-0.15, -0.1) is 0 Å². The van der Waals surface area contributed by atoms with Crippen molar-refractivity contribution in [3.63, 3.8) is 0 Å². The van der Waals surface area contributed by atoms with Crippen molar-refractivity contribution in [3.05, 3.63) is 59.1 Å². The van der Waals surface area contributed by atoms with Crippen LogP contribution in [0.3, 0.4) is 0 Å². The first-order chi connectivity index (χ1) is 10.2. The lowest BCUT2D eigenvalue weighted by molar-refractivity contribution is 0.222. The van der Waals surface area contributed by atoms with Gasteiger partial charge in [-0.25, -0.2) is 4.79 Å². The number of para-hydroxylation sites is 1. The number of carbonyl (C=O) groups is 1. The van der Waals surface area contributed by atoms with E-state index in [9.17, 15) is 4.79 Å². The number of halogens is 1. The van der Waals surface area contributed by atoms with E-state index in [0.717, 1.165) is 17.7 Å². The van der Waals surface area contributed by atoms with Gasteiger partial charge in [-0.3, -0.25) is 0 Å². The van der Waals surface area contributed by atoms with E-state index >= 15 is 0 Å². The molecule has 0 aromatic heterocycles. The molecule has 4 nitrogen and oxygen atoms in total. The van der Waals surface area contributed by atoms with E-state index in [2.05, 4.69) is 10.6 Å². The molecule has 108 valence electrons. The lowest BCUT2D eigenvalue weighted by Crippen LogP contribution is -2.44. The number of ether oxygens (including phenoxy) is 1. The second kappa shape index (κ2) is 6.06. The molecule has 0 aliphatic carbocycles. The molecule has 2 aromatic rings. The first-order valence-electron chi connectivity index (χ1n) is 6.74. The van der Waals surface area contributed by atoms with Crippen LogP contribution >= 0.6 is 11.6 Å². The first kappa shape index (κ1) is 13.8. The monoisotopic (exact) mass is 302 g/mol. The van der Waals surface area contributed by atoms with Crippen LogP contribution in [0.5, 0.6) is 5.75 Å². The average molecular weight is 303 g/mol. The van der Waals surface area contributed by atoms with E-state index in [1.54, 1.807) is 24.3 Å². The largest absolute Gasteiger partial charge is 0.491 e. The van der Waals surface area contributed by atoms with Crippen LogP contribution in [0.25, 0.3) is 0 Å². The Morgan fingerprint density at radius 2 is 1.90 bits per heavy atom. The van der Waals surface area contributed by atoms with Gasteiger partial charge < -0.3 is 15.4 Å². The molecule has 1 atom stereocenters. The Bertz CT molecular complexity index is 643. The number of hydrogen-bond acceptors (Lipinski definition) is 2. The summed E-state index contributed by atoms with van der Waals surface area (Å²) in [4.78, 5) is 12.0. The van der Waals surface area contributed by atoms with Crippen LogP contribution in [-0.2, 0) is 6.42 Å². The number of benzene rings is 2. The minimum Gasteiger partial charge on any atom is -0.491 e. The highest BCUT2D eigenvalue weighted by Crippen LogP contribution is 2.23. The molecule has 0 saturated carbocycles. The highest BCUT2D eigenvalue weighted by Gasteiger charge is 2.20. The van der Waals surface area contributed by atoms with Crippen molar-refractivity contribution in [2.24, 2.45) is 0 Å². The van der Waals surface area contributed by atoms with Crippen molar-refractivity contribution >= 4 is 23.3 Å². The zero-order valence-electron chi connectivity index (χ0n) is 11.3. The Kier molecular flexibility index (Phi) is 3.97. The van der Waals surface area contributed by atoms with E-state index in [1.807, 2.05) is 24.3 Å². The van der Waals surface area contributed by atoms with Crippen LogP contribution < -0.4 is 15.4 Å². The number of rotatable bonds is 2. The number of urea groups is 1. The number of anilines is 1. The topological polar surface area (TPSA) is 50.4 Å². The maximum Gasteiger partial charge on any atom is 0.319 e. The third-order valence-corrected chi connectivity index (χ3v) is 3.57. The van der Waals surface area contributed by atoms with Crippen LogP contribution in [0.1, 0.15) is 5.56 Å². The maximum atomic E-state index is 12.0. The van der Waals surface area contributed by atoms with Gasteiger partial charge in [-0.2, -0.15) is 0 Å². The van der Waals surface area contributed by atoms with E-state index in [0.29, 0.717) is 17.3 Å². The molecule has 0 saturated heterocycles. The molecule has 2 N–H and O–H groups in total. The summed E-state index contributed by atoms with van der Waals surface area (Å²) in [6.45, 7) is 0.477. The molecule has 21 heavy (non-hydrogen) atoms. The van der Waals surface area contributed by atoms with Gasteiger partial charge in [0.15, 0.2) is 0 Å². The number of carbonyl (C=O) groups excluding carboxylic acids is 1. The molecule has 5 heteroatoms. The molecule has 1 heterocycles. The van der Waals surface area contributed by atoms with Crippen molar-refractivity contribution in [1.29, 1.82) is 0 Å². The summed E-state index contributed by atoms with van der Waals surface area (Å²) < 4.78 is 5.64. The maximum absolute atomic E-state index is 12.0. The molecule has 0 bridgehead atoms. The highest BCUT2D eigenvalue weighted by atomic mass is 35.5. The molecule has 1 aliphatic heterocycles. The van der Waals surface area contributed by atoms with Gasteiger partial charge in [0.1, 0.15) is 12.4 Å². The molecule has 1 aliphatic rings. The Hall–Kier alpha value is -2.20. The zero-order valence-corrected chi connectivity index (χ0v) is 12.1. The summed E-state index contributed by atoms with van der Waals surface area (Å²) in [5.41, 5.74) is 1.81. The summed E-state index contributed by atoms with van der Waals surface area (Å²) in [5, 5.41) is 6.33. The third-order valence-electron chi connectivity index (χ3n) is 3.32. The Labute approximate surface area is 128 Å². The van der Waals surface area contributed by atoms with E-state index < -0.39 is 0 Å². The number of amides is 2. The van der Waals surface area contributed by atoms with E-state index in [4.69, 9.17) is 16.3 Å². The van der Waals surface area contributed by atoms with Gasteiger partial charge in [0.05, 0.1) is 6.04 Å². The molecule has 1 unspecified atom stereocenters. The number of hydrogen-bond donors (Lipinski definition) is 2. The molecule has 0 radical (unpaired) electrons. The quantitative estimate of drug-likeness (QED) is 0.892. The predicted octanol–water partition coefficient (Wildman–Crippen LogP) is 3.47. The van der Waals surface area contributed by atoms with Gasteiger partial charge in [-0.1, -0.05) is 29.8 Å². The molecule has 3 rings (SSSR count). The highest BCUT2D eigenvalue weighted by molar-refractivity contribution is 6.30. The van der Waals surface area contributed by atoms with Gasteiger partial charge in [0.25, 0.3) is 0 Å². The van der Waals surface area contributed by atoms with E-state index in [1.165, 1.54) is 0 Å². The predicted molar refractivity (Wildman–Crippen MR) is 83.0 cm³/mol.